The standard InChI is InChI=1S/C22H19BrN2O2/c1-14-8-10-17(22(27)25-20-13-18(23)11-9-15(20)2)12-19(14)24-21(26)16-6-4-3-5-7-16/h3-13H,1-2H3,(H,24,26)(H,25,27). The van der Waals surface area contributed by atoms with E-state index >= 15 is 0 Å². The maximum atomic E-state index is 12.7. The highest BCUT2D eigenvalue weighted by molar-refractivity contribution is 9.10. The quantitative estimate of drug-likeness (QED) is 0.577. The van der Waals surface area contributed by atoms with Gasteiger partial charge in [-0.2, -0.15) is 0 Å². The number of carbonyl (C=O) groups is 2. The number of aryl methyl sites for hydroxylation is 2. The van der Waals surface area contributed by atoms with Crippen molar-refractivity contribution < 1.29 is 9.59 Å². The van der Waals surface area contributed by atoms with Gasteiger partial charge in [0, 0.05) is 27.0 Å². The SMILES string of the molecule is Cc1ccc(Br)cc1NC(=O)c1ccc(C)c(NC(=O)c2ccccc2)c1. The fourth-order valence-electron chi connectivity index (χ4n) is 2.61. The van der Waals surface area contributed by atoms with Gasteiger partial charge in [-0.1, -0.05) is 46.3 Å². The van der Waals surface area contributed by atoms with Crippen LogP contribution in [0.1, 0.15) is 31.8 Å². The Labute approximate surface area is 166 Å². The van der Waals surface area contributed by atoms with E-state index in [1.54, 1.807) is 24.3 Å². The summed E-state index contributed by atoms with van der Waals surface area (Å²) in [6.45, 7) is 3.82. The molecule has 0 bridgehead atoms. The van der Waals surface area contributed by atoms with E-state index in [0.29, 0.717) is 16.8 Å². The van der Waals surface area contributed by atoms with Crippen molar-refractivity contribution in [2.24, 2.45) is 0 Å². The zero-order valence-corrected chi connectivity index (χ0v) is 16.6. The van der Waals surface area contributed by atoms with Crippen LogP contribution in [0.25, 0.3) is 0 Å². The largest absolute Gasteiger partial charge is 0.322 e. The molecule has 136 valence electrons. The van der Waals surface area contributed by atoms with E-state index in [9.17, 15) is 9.59 Å². The Balaban J connectivity index is 1.81. The predicted molar refractivity (Wildman–Crippen MR) is 112 cm³/mol. The molecule has 4 nitrogen and oxygen atoms in total. The Bertz CT molecular complexity index is 1000. The summed E-state index contributed by atoms with van der Waals surface area (Å²) in [6.07, 6.45) is 0. The number of halogens is 1. The van der Waals surface area contributed by atoms with Crippen molar-refractivity contribution in [1.29, 1.82) is 0 Å². The lowest BCUT2D eigenvalue weighted by atomic mass is 10.1. The number of carbonyl (C=O) groups excluding carboxylic acids is 2. The average Bonchev–Trinajstić information content (AvgIpc) is 2.67. The highest BCUT2D eigenvalue weighted by Gasteiger charge is 2.12. The van der Waals surface area contributed by atoms with Crippen molar-refractivity contribution in [3.05, 3.63) is 93.5 Å². The Morgan fingerprint density at radius 2 is 1.26 bits per heavy atom. The summed E-state index contributed by atoms with van der Waals surface area (Å²) in [5.74, 6) is -0.439. The van der Waals surface area contributed by atoms with Gasteiger partial charge >= 0.3 is 0 Å². The van der Waals surface area contributed by atoms with Crippen molar-refractivity contribution in [1.82, 2.24) is 0 Å². The molecule has 0 radical (unpaired) electrons. The second kappa shape index (κ2) is 8.18. The van der Waals surface area contributed by atoms with Gasteiger partial charge in [0.2, 0.25) is 0 Å². The third-order valence-corrected chi connectivity index (χ3v) is 4.73. The lowest BCUT2D eigenvalue weighted by Gasteiger charge is -2.12. The van der Waals surface area contributed by atoms with Gasteiger partial charge in [-0.3, -0.25) is 9.59 Å². The number of amides is 2. The van der Waals surface area contributed by atoms with E-state index in [1.165, 1.54) is 0 Å². The molecular weight excluding hydrogens is 404 g/mol. The lowest BCUT2D eigenvalue weighted by Crippen LogP contribution is -2.16. The number of nitrogens with one attached hydrogen (secondary N) is 2. The Morgan fingerprint density at radius 1 is 0.704 bits per heavy atom. The van der Waals surface area contributed by atoms with Crippen LogP contribution in [0.5, 0.6) is 0 Å². The third-order valence-electron chi connectivity index (χ3n) is 4.23. The molecule has 3 aromatic rings. The van der Waals surface area contributed by atoms with Crippen LogP contribution in [0.4, 0.5) is 11.4 Å². The molecule has 0 aromatic heterocycles. The number of rotatable bonds is 4. The molecule has 0 unspecified atom stereocenters. The molecule has 3 aromatic carbocycles. The van der Waals surface area contributed by atoms with E-state index in [-0.39, 0.29) is 11.8 Å². The summed E-state index contributed by atoms with van der Waals surface area (Å²) in [7, 11) is 0. The van der Waals surface area contributed by atoms with Gasteiger partial charge in [-0.05, 0) is 61.4 Å². The average molecular weight is 423 g/mol. The topological polar surface area (TPSA) is 58.2 Å². The van der Waals surface area contributed by atoms with Crippen molar-refractivity contribution >= 4 is 39.1 Å². The molecule has 0 atom stereocenters. The van der Waals surface area contributed by atoms with Gasteiger partial charge in [0.1, 0.15) is 0 Å². The van der Waals surface area contributed by atoms with Gasteiger partial charge in [-0.25, -0.2) is 0 Å². The van der Waals surface area contributed by atoms with Crippen LogP contribution in [0.2, 0.25) is 0 Å². The van der Waals surface area contributed by atoms with Crippen LogP contribution >= 0.6 is 15.9 Å². The Morgan fingerprint density at radius 3 is 1.93 bits per heavy atom. The van der Waals surface area contributed by atoms with Gasteiger partial charge in [0.25, 0.3) is 11.8 Å². The molecule has 2 N–H and O–H groups in total. The van der Waals surface area contributed by atoms with Crippen molar-refractivity contribution in [2.45, 2.75) is 13.8 Å². The number of benzene rings is 3. The predicted octanol–water partition coefficient (Wildman–Crippen LogP) is 5.57. The molecule has 0 aliphatic heterocycles. The van der Waals surface area contributed by atoms with Gasteiger partial charge in [0.05, 0.1) is 0 Å². The summed E-state index contributed by atoms with van der Waals surface area (Å²) < 4.78 is 0.892. The number of hydrogen-bond donors (Lipinski definition) is 2. The highest BCUT2D eigenvalue weighted by Crippen LogP contribution is 2.23. The van der Waals surface area contributed by atoms with E-state index in [0.717, 1.165) is 21.3 Å². The molecule has 5 heteroatoms. The van der Waals surface area contributed by atoms with Crippen molar-refractivity contribution in [2.75, 3.05) is 10.6 Å². The normalized spacial score (nSPS) is 10.3. The lowest BCUT2D eigenvalue weighted by molar-refractivity contribution is 0.101. The molecule has 27 heavy (non-hydrogen) atoms. The molecule has 0 fully saturated rings. The summed E-state index contributed by atoms with van der Waals surface area (Å²) >= 11 is 3.41. The highest BCUT2D eigenvalue weighted by atomic mass is 79.9. The Kier molecular flexibility index (Phi) is 5.72. The monoisotopic (exact) mass is 422 g/mol. The van der Waals surface area contributed by atoms with Crippen LogP contribution in [0, 0.1) is 13.8 Å². The van der Waals surface area contributed by atoms with Gasteiger partial charge in [0.15, 0.2) is 0 Å². The molecule has 0 aliphatic carbocycles. The van der Waals surface area contributed by atoms with Crippen LogP contribution in [-0.4, -0.2) is 11.8 Å². The molecular formula is C22H19BrN2O2. The summed E-state index contributed by atoms with van der Waals surface area (Å²) in [6, 6.07) is 20.0. The number of hydrogen-bond acceptors (Lipinski definition) is 2. The minimum atomic E-state index is -0.230. The molecule has 3 rings (SSSR count). The van der Waals surface area contributed by atoms with Crippen LogP contribution in [0.3, 0.4) is 0 Å². The minimum absolute atomic E-state index is 0.209. The fraction of sp³-hybridized carbons (Fsp3) is 0.0909. The first kappa shape index (κ1) is 18.9. The van der Waals surface area contributed by atoms with Crippen LogP contribution < -0.4 is 10.6 Å². The second-order valence-corrected chi connectivity index (χ2v) is 7.18. The summed E-state index contributed by atoms with van der Waals surface area (Å²) in [4.78, 5) is 25.1. The summed E-state index contributed by atoms with van der Waals surface area (Å²) in [5.41, 5.74) is 4.25. The van der Waals surface area contributed by atoms with Crippen molar-refractivity contribution in [3.63, 3.8) is 0 Å². The van der Waals surface area contributed by atoms with Gasteiger partial charge < -0.3 is 10.6 Å². The minimum Gasteiger partial charge on any atom is -0.322 e. The maximum Gasteiger partial charge on any atom is 0.255 e. The number of anilines is 2. The molecule has 0 saturated heterocycles. The molecule has 0 saturated carbocycles. The fourth-order valence-corrected chi connectivity index (χ4v) is 2.97. The third kappa shape index (κ3) is 4.63. The van der Waals surface area contributed by atoms with Crippen LogP contribution in [0.15, 0.2) is 71.2 Å². The first-order valence-corrected chi connectivity index (χ1v) is 9.28. The molecule has 0 heterocycles. The molecule has 0 aliphatic rings. The smallest absolute Gasteiger partial charge is 0.255 e. The molecule has 0 spiro atoms. The summed E-state index contributed by atoms with van der Waals surface area (Å²) in [5, 5.41) is 5.80. The van der Waals surface area contributed by atoms with Gasteiger partial charge in [-0.15, -0.1) is 0 Å². The van der Waals surface area contributed by atoms with Crippen LogP contribution in [-0.2, 0) is 0 Å². The first-order chi connectivity index (χ1) is 12.9. The van der Waals surface area contributed by atoms with E-state index in [4.69, 9.17) is 0 Å². The zero-order chi connectivity index (χ0) is 19.4. The molecule has 2 amide bonds. The maximum absolute atomic E-state index is 12.7. The zero-order valence-electron chi connectivity index (χ0n) is 15.0. The van der Waals surface area contributed by atoms with E-state index < -0.39 is 0 Å². The Hall–Kier alpha value is -2.92. The van der Waals surface area contributed by atoms with Crippen molar-refractivity contribution in [3.8, 4) is 0 Å². The van der Waals surface area contributed by atoms with E-state index in [2.05, 4.69) is 26.6 Å². The second-order valence-electron chi connectivity index (χ2n) is 6.26. The first-order valence-electron chi connectivity index (χ1n) is 8.48. The van der Waals surface area contributed by atoms with E-state index in [1.807, 2.05) is 56.3 Å².